The first-order valence-corrected chi connectivity index (χ1v) is 6.85. The molecule has 4 heteroatoms. The largest absolute Gasteiger partial charge is 0.496 e. The number of benzene rings is 2. The van der Waals surface area contributed by atoms with Crippen LogP contribution < -0.4 is 10.1 Å². The predicted octanol–water partition coefficient (Wildman–Crippen LogP) is 2.77. The molecule has 0 aliphatic carbocycles. The van der Waals surface area contributed by atoms with E-state index < -0.39 is 0 Å². The van der Waals surface area contributed by atoms with Gasteiger partial charge in [0.05, 0.1) is 13.7 Å². The van der Waals surface area contributed by atoms with E-state index in [-0.39, 0.29) is 12.5 Å². The number of para-hydroxylation sites is 2. The van der Waals surface area contributed by atoms with E-state index in [1.54, 1.807) is 19.1 Å². The number of hydrogen-bond acceptors (Lipinski definition) is 3. The zero-order valence-electron chi connectivity index (χ0n) is 12.4. The van der Waals surface area contributed by atoms with Crippen LogP contribution in [0.15, 0.2) is 54.6 Å². The Bertz CT molecular complexity index is 584. The molecule has 0 saturated carbocycles. The van der Waals surface area contributed by atoms with Crippen LogP contribution in [-0.2, 0) is 11.3 Å². The molecule has 21 heavy (non-hydrogen) atoms. The number of hydrogen-bond donors (Lipinski definition) is 1. The van der Waals surface area contributed by atoms with Crippen molar-refractivity contribution in [2.75, 3.05) is 26.0 Å². The number of amides is 1. The highest BCUT2D eigenvalue weighted by Crippen LogP contribution is 2.18. The maximum absolute atomic E-state index is 12.1. The zero-order chi connectivity index (χ0) is 15.1. The number of anilines is 1. The standard InChI is InChI=1S/C17H20N2O2/c1-19(13-14-8-6-7-11-16(14)21-2)17(20)12-18-15-9-4-3-5-10-15/h3-11,18H,12-13H2,1-2H3. The van der Waals surface area contributed by atoms with Gasteiger partial charge in [-0.15, -0.1) is 0 Å². The van der Waals surface area contributed by atoms with E-state index in [0.29, 0.717) is 6.54 Å². The van der Waals surface area contributed by atoms with E-state index in [1.807, 2.05) is 54.6 Å². The molecule has 0 bridgehead atoms. The fourth-order valence-corrected chi connectivity index (χ4v) is 2.05. The smallest absolute Gasteiger partial charge is 0.241 e. The molecule has 2 aromatic carbocycles. The van der Waals surface area contributed by atoms with Crippen LogP contribution in [0.5, 0.6) is 5.75 Å². The Balaban J connectivity index is 1.90. The van der Waals surface area contributed by atoms with E-state index in [0.717, 1.165) is 17.0 Å². The summed E-state index contributed by atoms with van der Waals surface area (Å²) in [5.74, 6) is 0.831. The molecule has 0 saturated heterocycles. The third-order valence-corrected chi connectivity index (χ3v) is 3.24. The van der Waals surface area contributed by atoms with Crippen LogP contribution in [0.3, 0.4) is 0 Å². The normalized spacial score (nSPS) is 10.0. The highest BCUT2D eigenvalue weighted by molar-refractivity contribution is 5.80. The summed E-state index contributed by atoms with van der Waals surface area (Å²) in [7, 11) is 3.43. The molecule has 1 N–H and O–H groups in total. The Morgan fingerprint density at radius 1 is 1.10 bits per heavy atom. The SMILES string of the molecule is COc1ccccc1CN(C)C(=O)CNc1ccccc1. The lowest BCUT2D eigenvalue weighted by Gasteiger charge is -2.19. The van der Waals surface area contributed by atoms with Crippen molar-refractivity contribution in [3.8, 4) is 5.75 Å². The maximum Gasteiger partial charge on any atom is 0.241 e. The number of rotatable bonds is 6. The van der Waals surface area contributed by atoms with E-state index in [2.05, 4.69) is 5.32 Å². The van der Waals surface area contributed by atoms with Gasteiger partial charge in [-0.1, -0.05) is 36.4 Å². The molecule has 0 unspecified atom stereocenters. The maximum atomic E-state index is 12.1. The van der Waals surface area contributed by atoms with Crippen LogP contribution in [0, 0.1) is 0 Å². The summed E-state index contributed by atoms with van der Waals surface area (Å²) in [6, 6.07) is 17.4. The van der Waals surface area contributed by atoms with E-state index in [9.17, 15) is 4.79 Å². The second-order valence-electron chi connectivity index (χ2n) is 4.78. The van der Waals surface area contributed by atoms with Gasteiger partial charge < -0.3 is 15.0 Å². The molecule has 1 amide bonds. The van der Waals surface area contributed by atoms with Crippen LogP contribution in [0.1, 0.15) is 5.56 Å². The third kappa shape index (κ3) is 4.24. The highest BCUT2D eigenvalue weighted by Gasteiger charge is 2.11. The number of nitrogens with zero attached hydrogens (tertiary/aromatic N) is 1. The van der Waals surface area contributed by atoms with E-state index in [4.69, 9.17) is 4.74 Å². The molecular weight excluding hydrogens is 264 g/mol. The number of carbonyl (C=O) groups excluding carboxylic acids is 1. The van der Waals surface area contributed by atoms with Crippen molar-refractivity contribution in [1.29, 1.82) is 0 Å². The molecule has 0 aliphatic rings. The summed E-state index contributed by atoms with van der Waals surface area (Å²) in [4.78, 5) is 13.8. The molecule has 0 aromatic heterocycles. The molecule has 0 fully saturated rings. The first-order chi connectivity index (χ1) is 10.2. The average Bonchev–Trinajstić information content (AvgIpc) is 2.54. The Morgan fingerprint density at radius 3 is 2.48 bits per heavy atom. The van der Waals surface area contributed by atoms with Crippen LogP contribution in [-0.4, -0.2) is 31.5 Å². The van der Waals surface area contributed by atoms with Gasteiger partial charge >= 0.3 is 0 Å². The first kappa shape index (κ1) is 14.9. The number of carbonyl (C=O) groups is 1. The monoisotopic (exact) mass is 284 g/mol. The van der Waals surface area contributed by atoms with E-state index >= 15 is 0 Å². The second kappa shape index (κ2) is 7.33. The Hall–Kier alpha value is -2.49. The molecule has 110 valence electrons. The average molecular weight is 284 g/mol. The Labute approximate surface area is 125 Å². The Kier molecular flexibility index (Phi) is 5.21. The molecule has 0 spiro atoms. The summed E-state index contributed by atoms with van der Waals surface area (Å²) in [6.45, 7) is 0.801. The number of methoxy groups -OCH3 is 1. The van der Waals surface area contributed by atoms with Gasteiger partial charge in [-0.25, -0.2) is 0 Å². The second-order valence-corrected chi connectivity index (χ2v) is 4.78. The summed E-state index contributed by atoms with van der Waals surface area (Å²) in [5.41, 5.74) is 1.94. The lowest BCUT2D eigenvalue weighted by Crippen LogP contribution is -2.31. The molecule has 0 radical (unpaired) electrons. The van der Waals surface area contributed by atoms with Gasteiger partial charge in [0.15, 0.2) is 0 Å². The van der Waals surface area contributed by atoms with Gasteiger partial charge in [0, 0.05) is 24.8 Å². The van der Waals surface area contributed by atoms with Crippen molar-refractivity contribution >= 4 is 11.6 Å². The molecular formula is C17H20N2O2. The van der Waals surface area contributed by atoms with Gasteiger partial charge in [-0.05, 0) is 18.2 Å². The molecule has 2 rings (SSSR count). The minimum atomic E-state index is 0.0322. The van der Waals surface area contributed by atoms with Gasteiger partial charge in [0.1, 0.15) is 5.75 Å². The van der Waals surface area contributed by atoms with Crippen molar-refractivity contribution < 1.29 is 9.53 Å². The summed E-state index contributed by atoms with van der Waals surface area (Å²) >= 11 is 0. The molecule has 2 aromatic rings. The van der Waals surface area contributed by atoms with Crippen LogP contribution in [0.25, 0.3) is 0 Å². The predicted molar refractivity (Wildman–Crippen MR) is 84.4 cm³/mol. The van der Waals surface area contributed by atoms with Crippen molar-refractivity contribution in [1.82, 2.24) is 4.90 Å². The van der Waals surface area contributed by atoms with Gasteiger partial charge in [0.25, 0.3) is 0 Å². The lowest BCUT2D eigenvalue weighted by atomic mass is 10.2. The van der Waals surface area contributed by atoms with Gasteiger partial charge in [0.2, 0.25) is 5.91 Å². The Morgan fingerprint density at radius 2 is 1.76 bits per heavy atom. The summed E-state index contributed by atoms with van der Waals surface area (Å²) < 4.78 is 5.30. The number of nitrogens with one attached hydrogen (secondary N) is 1. The van der Waals surface area contributed by atoms with Crippen molar-refractivity contribution in [2.45, 2.75) is 6.54 Å². The number of likely N-dealkylation sites (N-methyl/N-ethyl adjacent to an activating group) is 1. The minimum Gasteiger partial charge on any atom is -0.496 e. The summed E-state index contributed by atoms with van der Waals surface area (Å²) in [5, 5.41) is 3.12. The quantitative estimate of drug-likeness (QED) is 0.887. The highest BCUT2D eigenvalue weighted by atomic mass is 16.5. The minimum absolute atomic E-state index is 0.0322. The zero-order valence-corrected chi connectivity index (χ0v) is 12.4. The summed E-state index contributed by atoms with van der Waals surface area (Å²) in [6.07, 6.45) is 0. The van der Waals surface area contributed by atoms with Crippen LogP contribution in [0.2, 0.25) is 0 Å². The van der Waals surface area contributed by atoms with Crippen molar-refractivity contribution in [3.05, 3.63) is 60.2 Å². The van der Waals surface area contributed by atoms with Crippen molar-refractivity contribution in [3.63, 3.8) is 0 Å². The topological polar surface area (TPSA) is 41.6 Å². The first-order valence-electron chi connectivity index (χ1n) is 6.85. The third-order valence-electron chi connectivity index (χ3n) is 3.24. The van der Waals surface area contributed by atoms with Gasteiger partial charge in [-0.2, -0.15) is 0 Å². The van der Waals surface area contributed by atoms with Crippen molar-refractivity contribution in [2.24, 2.45) is 0 Å². The van der Waals surface area contributed by atoms with E-state index in [1.165, 1.54) is 0 Å². The number of ether oxygens (including phenoxy) is 1. The fourth-order valence-electron chi connectivity index (χ4n) is 2.05. The molecule has 0 atom stereocenters. The van der Waals surface area contributed by atoms with Gasteiger partial charge in [-0.3, -0.25) is 4.79 Å². The lowest BCUT2D eigenvalue weighted by molar-refractivity contribution is -0.128. The fraction of sp³-hybridized carbons (Fsp3) is 0.235. The van der Waals surface area contributed by atoms with Crippen LogP contribution in [0.4, 0.5) is 5.69 Å². The molecule has 0 aliphatic heterocycles. The molecule has 4 nitrogen and oxygen atoms in total. The molecule has 0 heterocycles. The van der Waals surface area contributed by atoms with Crippen LogP contribution >= 0.6 is 0 Å².